The van der Waals surface area contributed by atoms with Gasteiger partial charge in [-0.05, 0) is 73.0 Å². The zero-order chi connectivity index (χ0) is 29.6. The summed E-state index contributed by atoms with van der Waals surface area (Å²) in [4.78, 5) is 31.0. The maximum absolute atomic E-state index is 12.8. The zero-order valence-corrected chi connectivity index (χ0v) is 23.0. The number of amides is 1. The molecule has 4 heterocycles. The Morgan fingerprint density at radius 1 is 0.953 bits per heavy atom. The van der Waals surface area contributed by atoms with Crippen molar-refractivity contribution in [3.63, 3.8) is 0 Å². The number of likely N-dealkylation sites (tertiary alicyclic amines) is 1. The summed E-state index contributed by atoms with van der Waals surface area (Å²) in [5.74, 6) is 1.18. The van der Waals surface area contributed by atoms with E-state index in [1.165, 1.54) is 11.9 Å². The van der Waals surface area contributed by atoms with Crippen LogP contribution in [0.3, 0.4) is 0 Å². The summed E-state index contributed by atoms with van der Waals surface area (Å²) in [5.41, 5.74) is 2.80. The lowest BCUT2D eigenvalue weighted by atomic mass is 10.0. The van der Waals surface area contributed by atoms with Gasteiger partial charge in [0.1, 0.15) is 6.33 Å². The van der Waals surface area contributed by atoms with Gasteiger partial charge in [0.2, 0.25) is 5.89 Å². The van der Waals surface area contributed by atoms with Crippen LogP contribution in [-0.2, 0) is 12.7 Å². The van der Waals surface area contributed by atoms with E-state index in [1.807, 2.05) is 6.07 Å². The summed E-state index contributed by atoms with van der Waals surface area (Å²) in [6.45, 7) is 3.78. The Balaban J connectivity index is 1.05. The number of anilines is 2. The van der Waals surface area contributed by atoms with E-state index < -0.39 is 17.6 Å². The van der Waals surface area contributed by atoms with Crippen LogP contribution in [0, 0.1) is 5.92 Å². The maximum Gasteiger partial charge on any atom is 0.416 e. The topological polar surface area (TPSA) is 87.4 Å². The number of nitrogens with zero attached hydrogens (tertiary/aromatic N) is 5. The second kappa shape index (κ2) is 10.8. The third-order valence-corrected chi connectivity index (χ3v) is 8.23. The van der Waals surface area contributed by atoms with E-state index in [9.17, 15) is 18.0 Å². The fourth-order valence-corrected chi connectivity index (χ4v) is 6.04. The van der Waals surface area contributed by atoms with Crippen molar-refractivity contribution in [2.24, 2.45) is 5.92 Å². The molecule has 7 rings (SSSR count). The lowest BCUT2D eigenvalue weighted by Crippen LogP contribution is -2.35. The van der Waals surface area contributed by atoms with E-state index in [2.05, 4.69) is 49.4 Å². The molecule has 0 aliphatic carbocycles. The SMILES string of the molecule is O=C(Nc1ccc(-c2nc3c(N4CC5CCN(Cc6ccccc6)C5C4)ncnc3o2)cc1)c1ccc(C(F)(F)F)cc1. The second-order valence-corrected chi connectivity index (χ2v) is 11.0. The minimum absolute atomic E-state index is 0.122. The van der Waals surface area contributed by atoms with Gasteiger partial charge in [-0.15, -0.1) is 0 Å². The molecule has 2 aromatic heterocycles. The lowest BCUT2D eigenvalue weighted by molar-refractivity contribution is -0.137. The number of rotatable bonds is 6. The summed E-state index contributed by atoms with van der Waals surface area (Å²) in [6, 6.07) is 21.9. The van der Waals surface area contributed by atoms with Gasteiger partial charge in [0.15, 0.2) is 11.3 Å². The van der Waals surface area contributed by atoms with Crippen molar-refractivity contribution in [3.8, 4) is 11.5 Å². The quantitative estimate of drug-likeness (QED) is 0.252. The minimum Gasteiger partial charge on any atom is -0.417 e. The maximum atomic E-state index is 12.8. The number of benzene rings is 3. The number of fused-ring (bicyclic) bond motifs is 2. The van der Waals surface area contributed by atoms with Gasteiger partial charge >= 0.3 is 6.18 Å². The largest absolute Gasteiger partial charge is 0.417 e. The van der Waals surface area contributed by atoms with Crippen molar-refractivity contribution in [1.29, 1.82) is 0 Å². The Kier molecular flexibility index (Phi) is 6.81. The minimum atomic E-state index is -4.46. The molecule has 0 saturated carbocycles. The molecule has 1 N–H and O–H groups in total. The standard InChI is InChI=1S/C32H27F3N6O2/c33-32(34,35)24-10-6-21(7-11-24)29(42)38-25-12-8-22(9-13-25)30-39-27-28(36-19-37-31(27)43-30)41-17-23-14-15-40(26(23)18-41)16-20-4-2-1-3-5-20/h1-13,19,23,26H,14-18H2,(H,38,42). The third kappa shape index (κ3) is 5.43. The summed E-state index contributed by atoms with van der Waals surface area (Å²) in [6.07, 6.45) is -1.81. The molecule has 8 nitrogen and oxygen atoms in total. The van der Waals surface area contributed by atoms with Crippen molar-refractivity contribution in [2.75, 3.05) is 29.9 Å². The summed E-state index contributed by atoms with van der Waals surface area (Å²) in [5, 5.41) is 2.70. The monoisotopic (exact) mass is 584 g/mol. The average Bonchev–Trinajstić information content (AvgIpc) is 3.73. The van der Waals surface area contributed by atoms with Crippen molar-refractivity contribution < 1.29 is 22.4 Å². The summed E-state index contributed by atoms with van der Waals surface area (Å²) in [7, 11) is 0. The molecule has 2 saturated heterocycles. The number of hydrogen-bond donors (Lipinski definition) is 1. The van der Waals surface area contributed by atoms with Crippen LogP contribution >= 0.6 is 0 Å². The number of nitrogens with one attached hydrogen (secondary N) is 1. The van der Waals surface area contributed by atoms with Gasteiger partial charge in [0.25, 0.3) is 11.6 Å². The van der Waals surface area contributed by atoms with Crippen LogP contribution in [0.15, 0.2) is 89.6 Å². The van der Waals surface area contributed by atoms with Crippen LogP contribution in [0.4, 0.5) is 24.7 Å². The lowest BCUT2D eigenvalue weighted by Gasteiger charge is -2.25. The first-order valence-electron chi connectivity index (χ1n) is 14.1. The van der Waals surface area contributed by atoms with Crippen LogP contribution in [0.5, 0.6) is 0 Å². The first kappa shape index (κ1) is 27.1. The number of halogens is 3. The zero-order valence-electron chi connectivity index (χ0n) is 23.0. The first-order chi connectivity index (χ1) is 20.8. The average molecular weight is 585 g/mol. The fourth-order valence-electron chi connectivity index (χ4n) is 6.04. The Hall–Kier alpha value is -4.77. The van der Waals surface area contributed by atoms with Crippen molar-refractivity contribution in [2.45, 2.75) is 25.2 Å². The molecule has 0 radical (unpaired) electrons. The Morgan fingerprint density at radius 2 is 1.72 bits per heavy atom. The molecule has 2 fully saturated rings. The van der Waals surface area contributed by atoms with Gasteiger partial charge in [0, 0.05) is 42.5 Å². The molecule has 3 aromatic carbocycles. The number of hydrogen-bond acceptors (Lipinski definition) is 7. The highest BCUT2D eigenvalue weighted by Crippen LogP contribution is 2.37. The molecule has 218 valence electrons. The highest BCUT2D eigenvalue weighted by atomic mass is 19.4. The smallest absolute Gasteiger partial charge is 0.416 e. The van der Waals surface area contributed by atoms with Crippen LogP contribution in [0.1, 0.15) is 27.9 Å². The van der Waals surface area contributed by atoms with Crippen LogP contribution < -0.4 is 10.2 Å². The number of carbonyl (C=O) groups excluding carboxylic acids is 1. The predicted molar refractivity (Wildman–Crippen MR) is 155 cm³/mol. The van der Waals surface area contributed by atoms with Gasteiger partial charge in [-0.2, -0.15) is 18.2 Å². The molecular formula is C32H27F3N6O2. The van der Waals surface area contributed by atoms with Crippen molar-refractivity contribution in [1.82, 2.24) is 19.9 Å². The first-order valence-corrected chi connectivity index (χ1v) is 14.1. The molecule has 1 amide bonds. The number of carbonyl (C=O) groups is 1. The molecule has 2 unspecified atom stereocenters. The van der Waals surface area contributed by atoms with E-state index in [-0.39, 0.29) is 5.56 Å². The normalized spacial score (nSPS) is 18.7. The van der Waals surface area contributed by atoms with Crippen molar-refractivity contribution >= 4 is 28.6 Å². The molecule has 0 bridgehead atoms. The van der Waals surface area contributed by atoms with E-state index >= 15 is 0 Å². The highest BCUT2D eigenvalue weighted by Gasteiger charge is 2.42. The summed E-state index contributed by atoms with van der Waals surface area (Å²) >= 11 is 0. The van der Waals surface area contributed by atoms with E-state index in [0.717, 1.165) is 62.7 Å². The van der Waals surface area contributed by atoms with Gasteiger partial charge in [-0.3, -0.25) is 9.69 Å². The molecule has 5 aromatic rings. The number of alkyl halides is 3. The van der Waals surface area contributed by atoms with Gasteiger partial charge in [0.05, 0.1) is 5.56 Å². The van der Waals surface area contributed by atoms with Crippen LogP contribution in [0.2, 0.25) is 0 Å². The predicted octanol–water partition coefficient (Wildman–Crippen LogP) is 6.27. The molecule has 43 heavy (non-hydrogen) atoms. The molecule has 11 heteroatoms. The molecule has 2 aliphatic rings. The number of oxazole rings is 1. The molecular weight excluding hydrogens is 557 g/mol. The third-order valence-electron chi connectivity index (χ3n) is 8.23. The van der Waals surface area contributed by atoms with Crippen LogP contribution in [-0.4, -0.2) is 51.4 Å². The van der Waals surface area contributed by atoms with Crippen LogP contribution in [0.25, 0.3) is 22.7 Å². The van der Waals surface area contributed by atoms with E-state index in [0.29, 0.717) is 40.3 Å². The molecule has 0 spiro atoms. The van der Waals surface area contributed by atoms with Gasteiger partial charge < -0.3 is 14.6 Å². The summed E-state index contributed by atoms with van der Waals surface area (Å²) < 4.78 is 44.5. The highest BCUT2D eigenvalue weighted by molar-refractivity contribution is 6.04. The number of aromatic nitrogens is 3. The van der Waals surface area contributed by atoms with Crippen molar-refractivity contribution in [3.05, 3.63) is 102 Å². The Labute approximate surface area is 245 Å². The fraction of sp³-hybridized carbons (Fsp3) is 0.250. The van der Waals surface area contributed by atoms with E-state index in [4.69, 9.17) is 9.40 Å². The van der Waals surface area contributed by atoms with E-state index in [1.54, 1.807) is 24.3 Å². The molecule has 2 atom stereocenters. The van der Waals surface area contributed by atoms with Gasteiger partial charge in [-0.1, -0.05) is 30.3 Å². The van der Waals surface area contributed by atoms with Gasteiger partial charge in [-0.25, -0.2) is 9.97 Å². The Bertz CT molecular complexity index is 1760. The molecule has 2 aliphatic heterocycles. The second-order valence-electron chi connectivity index (χ2n) is 11.0. The Morgan fingerprint density at radius 3 is 2.47 bits per heavy atom.